The van der Waals surface area contributed by atoms with Crippen molar-refractivity contribution in [2.24, 2.45) is 5.92 Å². The zero-order valence-electron chi connectivity index (χ0n) is 13.2. The normalized spacial score (nSPS) is 10.7. The van der Waals surface area contributed by atoms with E-state index in [9.17, 15) is 9.59 Å². The Balaban J connectivity index is 2.00. The van der Waals surface area contributed by atoms with Crippen molar-refractivity contribution < 1.29 is 14.7 Å². The van der Waals surface area contributed by atoms with Crippen LogP contribution >= 0.6 is 11.3 Å². The minimum absolute atomic E-state index is 0.0715. The highest BCUT2D eigenvalue weighted by molar-refractivity contribution is 7.09. The molecule has 1 heterocycles. The van der Waals surface area contributed by atoms with E-state index in [1.807, 2.05) is 6.07 Å². The number of aryl methyl sites for hydroxylation is 1. The number of nitrogens with zero attached hydrogens (tertiary/aromatic N) is 1. The first-order chi connectivity index (χ1) is 10.9. The fourth-order valence-corrected chi connectivity index (χ4v) is 3.10. The molecule has 0 saturated carbocycles. The molecule has 5 nitrogen and oxygen atoms in total. The summed E-state index contributed by atoms with van der Waals surface area (Å²) in [7, 11) is 0. The first-order valence-corrected chi connectivity index (χ1v) is 8.38. The van der Waals surface area contributed by atoms with Crippen LogP contribution < -0.4 is 5.32 Å². The quantitative estimate of drug-likeness (QED) is 0.812. The van der Waals surface area contributed by atoms with E-state index in [2.05, 4.69) is 24.1 Å². The Kier molecular flexibility index (Phi) is 5.87. The number of aliphatic carboxylic acids is 1. The molecule has 0 bridgehead atoms. The number of carbonyl (C=O) groups excluding carboxylic acids is 1. The van der Waals surface area contributed by atoms with Gasteiger partial charge in [-0.25, -0.2) is 4.98 Å². The molecule has 122 valence electrons. The fraction of sp³-hybridized carbons (Fsp3) is 0.353. The number of anilines is 1. The number of aromatic nitrogens is 1. The monoisotopic (exact) mass is 332 g/mol. The summed E-state index contributed by atoms with van der Waals surface area (Å²) in [5, 5.41) is 14.3. The number of carboxylic acid groups (broad SMARTS) is 1. The molecule has 23 heavy (non-hydrogen) atoms. The predicted octanol–water partition coefficient (Wildman–Crippen LogP) is 3.61. The lowest BCUT2D eigenvalue weighted by Gasteiger charge is -2.06. The second-order valence-corrected chi connectivity index (χ2v) is 6.72. The largest absolute Gasteiger partial charge is 0.481 e. The van der Waals surface area contributed by atoms with Crippen molar-refractivity contribution in [3.05, 3.63) is 45.9 Å². The molecule has 2 aromatic rings. The summed E-state index contributed by atoms with van der Waals surface area (Å²) in [6, 6.07) is 7.23. The van der Waals surface area contributed by atoms with Gasteiger partial charge in [0.05, 0.1) is 5.01 Å². The summed E-state index contributed by atoms with van der Waals surface area (Å²) in [6.45, 7) is 4.23. The summed E-state index contributed by atoms with van der Waals surface area (Å²) in [4.78, 5) is 27.2. The summed E-state index contributed by atoms with van der Waals surface area (Å²) in [5.41, 5.74) is 1.95. The summed E-state index contributed by atoms with van der Waals surface area (Å²) < 4.78 is 0. The number of amides is 1. The molecule has 0 atom stereocenters. The van der Waals surface area contributed by atoms with Crippen LogP contribution in [-0.4, -0.2) is 22.0 Å². The van der Waals surface area contributed by atoms with Crippen molar-refractivity contribution in [1.29, 1.82) is 0 Å². The maximum absolute atomic E-state index is 12.2. The van der Waals surface area contributed by atoms with Crippen molar-refractivity contribution in [2.45, 2.75) is 33.1 Å². The maximum atomic E-state index is 12.2. The molecule has 0 aliphatic heterocycles. The number of carboxylic acids is 1. The van der Waals surface area contributed by atoms with Crippen LogP contribution in [0.5, 0.6) is 0 Å². The van der Waals surface area contributed by atoms with Crippen LogP contribution in [0.15, 0.2) is 29.6 Å². The minimum Gasteiger partial charge on any atom is -0.481 e. The van der Waals surface area contributed by atoms with E-state index in [0.717, 1.165) is 17.0 Å². The molecule has 2 N–H and O–H groups in total. The molecule has 0 fully saturated rings. The van der Waals surface area contributed by atoms with Gasteiger partial charge in [-0.05, 0) is 30.0 Å². The molecule has 0 spiro atoms. The van der Waals surface area contributed by atoms with Crippen molar-refractivity contribution in [1.82, 2.24) is 4.98 Å². The second kappa shape index (κ2) is 7.87. The Morgan fingerprint density at radius 2 is 2.13 bits per heavy atom. The predicted molar refractivity (Wildman–Crippen MR) is 91.0 cm³/mol. The van der Waals surface area contributed by atoms with Crippen molar-refractivity contribution in [2.75, 3.05) is 5.32 Å². The summed E-state index contributed by atoms with van der Waals surface area (Å²) >= 11 is 1.49. The summed E-state index contributed by atoms with van der Waals surface area (Å²) in [6.07, 6.45) is 1.37. The number of rotatable bonds is 7. The highest BCUT2D eigenvalue weighted by Crippen LogP contribution is 2.17. The van der Waals surface area contributed by atoms with Crippen molar-refractivity contribution in [3.8, 4) is 0 Å². The summed E-state index contributed by atoms with van der Waals surface area (Å²) in [5.74, 6) is -0.575. The Morgan fingerprint density at radius 3 is 2.83 bits per heavy atom. The van der Waals surface area contributed by atoms with Gasteiger partial charge >= 0.3 is 5.97 Å². The van der Waals surface area contributed by atoms with Crippen LogP contribution in [0.4, 0.5) is 5.69 Å². The Bertz CT molecular complexity index is 695. The molecule has 1 aromatic carbocycles. The number of nitrogens with one attached hydrogen (secondary N) is 1. The molecule has 0 aliphatic rings. The molecule has 0 radical (unpaired) electrons. The van der Waals surface area contributed by atoms with Gasteiger partial charge in [0.25, 0.3) is 5.91 Å². The number of carbonyl (C=O) groups is 2. The van der Waals surface area contributed by atoms with E-state index in [4.69, 9.17) is 5.11 Å². The zero-order valence-corrected chi connectivity index (χ0v) is 14.0. The minimum atomic E-state index is -0.834. The Morgan fingerprint density at radius 1 is 1.35 bits per heavy atom. The third kappa shape index (κ3) is 5.49. The van der Waals surface area contributed by atoms with Crippen LogP contribution in [0.2, 0.25) is 0 Å². The van der Waals surface area contributed by atoms with Gasteiger partial charge in [0.15, 0.2) is 0 Å². The standard InChI is InChI=1S/C17H20N2O3S/c1-11(2)8-15-19-14(10-23-15)17(22)18-13-5-3-4-12(9-13)6-7-16(20)21/h3-5,9-11H,6-8H2,1-2H3,(H,18,22)(H,20,21). The van der Waals surface area contributed by atoms with Gasteiger partial charge in [-0.2, -0.15) is 0 Å². The van der Waals surface area contributed by atoms with E-state index in [0.29, 0.717) is 23.7 Å². The highest BCUT2D eigenvalue weighted by Gasteiger charge is 2.12. The smallest absolute Gasteiger partial charge is 0.303 e. The lowest BCUT2D eigenvalue weighted by Crippen LogP contribution is -2.12. The highest BCUT2D eigenvalue weighted by atomic mass is 32.1. The Labute approximate surface area is 139 Å². The second-order valence-electron chi connectivity index (χ2n) is 5.77. The van der Waals surface area contributed by atoms with Gasteiger partial charge in [0, 0.05) is 23.9 Å². The van der Waals surface area contributed by atoms with Crippen LogP contribution in [-0.2, 0) is 17.6 Å². The van der Waals surface area contributed by atoms with Gasteiger partial charge in [0.2, 0.25) is 0 Å². The van der Waals surface area contributed by atoms with Crippen molar-refractivity contribution >= 4 is 28.9 Å². The van der Waals surface area contributed by atoms with Gasteiger partial charge in [-0.15, -0.1) is 11.3 Å². The molecule has 0 aliphatic carbocycles. The third-order valence-electron chi connectivity index (χ3n) is 3.18. The lowest BCUT2D eigenvalue weighted by atomic mass is 10.1. The van der Waals surface area contributed by atoms with E-state index in [1.54, 1.807) is 23.6 Å². The molecular weight excluding hydrogens is 312 g/mol. The fourth-order valence-electron chi connectivity index (χ4n) is 2.11. The number of benzene rings is 1. The number of hydrogen-bond acceptors (Lipinski definition) is 4. The number of hydrogen-bond donors (Lipinski definition) is 2. The first-order valence-electron chi connectivity index (χ1n) is 7.50. The molecule has 1 aromatic heterocycles. The van der Waals surface area contributed by atoms with Gasteiger partial charge in [-0.1, -0.05) is 26.0 Å². The van der Waals surface area contributed by atoms with Gasteiger partial charge in [-0.3, -0.25) is 9.59 Å². The van der Waals surface area contributed by atoms with E-state index >= 15 is 0 Å². The van der Waals surface area contributed by atoms with E-state index in [-0.39, 0.29) is 12.3 Å². The number of thiazole rings is 1. The van der Waals surface area contributed by atoms with Gasteiger partial charge in [0.1, 0.15) is 5.69 Å². The first kappa shape index (κ1) is 17.1. The molecule has 6 heteroatoms. The molecule has 0 saturated heterocycles. The van der Waals surface area contributed by atoms with Crippen LogP contribution in [0.3, 0.4) is 0 Å². The van der Waals surface area contributed by atoms with E-state index in [1.165, 1.54) is 11.3 Å². The van der Waals surface area contributed by atoms with Crippen LogP contribution in [0, 0.1) is 5.92 Å². The molecule has 1 amide bonds. The third-order valence-corrected chi connectivity index (χ3v) is 4.05. The molecule has 0 unspecified atom stereocenters. The van der Waals surface area contributed by atoms with E-state index < -0.39 is 5.97 Å². The average molecular weight is 332 g/mol. The maximum Gasteiger partial charge on any atom is 0.303 e. The van der Waals surface area contributed by atoms with Gasteiger partial charge < -0.3 is 10.4 Å². The Hall–Kier alpha value is -2.21. The molecular formula is C17H20N2O3S. The molecule has 2 rings (SSSR count). The zero-order chi connectivity index (χ0) is 16.8. The van der Waals surface area contributed by atoms with Crippen molar-refractivity contribution in [3.63, 3.8) is 0 Å². The van der Waals surface area contributed by atoms with Crippen LogP contribution in [0.1, 0.15) is 41.3 Å². The van der Waals surface area contributed by atoms with Crippen LogP contribution in [0.25, 0.3) is 0 Å². The lowest BCUT2D eigenvalue weighted by molar-refractivity contribution is -0.136. The SMILES string of the molecule is CC(C)Cc1nc(C(=O)Nc2cccc(CCC(=O)O)c2)cs1. The average Bonchev–Trinajstić information content (AvgIpc) is 2.93. The topological polar surface area (TPSA) is 79.3 Å².